The topological polar surface area (TPSA) is 12.5 Å². The molecule has 0 aromatic heterocycles. The van der Waals surface area contributed by atoms with Crippen LogP contribution in [0.2, 0.25) is 0 Å². The van der Waals surface area contributed by atoms with Crippen LogP contribution in [0.4, 0.5) is 10.1 Å². The molecule has 0 aliphatic carbocycles. The minimum atomic E-state index is -0.245. The minimum absolute atomic E-state index is 0.245. The molecule has 0 N–H and O–H groups in total. The molecule has 1 rings (SSSR count). The maximum absolute atomic E-state index is 13.2. The summed E-state index contributed by atoms with van der Waals surface area (Å²) in [5.41, 5.74) is 1.82. The van der Waals surface area contributed by atoms with Crippen LogP contribution < -0.4 is 4.90 Å². The van der Waals surface area contributed by atoms with Gasteiger partial charge in [-0.15, -0.1) is 11.6 Å². The van der Waals surface area contributed by atoms with Crippen molar-refractivity contribution in [2.24, 2.45) is 0 Å². The zero-order valence-electron chi connectivity index (χ0n) is 11.2. The predicted molar refractivity (Wildman–Crippen MR) is 74.9 cm³/mol. The van der Waals surface area contributed by atoms with Crippen LogP contribution in [0.25, 0.3) is 0 Å². The molecule has 1 aromatic rings. The van der Waals surface area contributed by atoms with E-state index in [0.717, 1.165) is 24.2 Å². The Balaban J connectivity index is 3.03. The lowest BCUT2D eigenvalue weighted by molar-refractivity contribution is 0.203. The highest BCUT2D eigenvalue weighted by Crippen LogP contribution is 2.26. The molecule has 102 valence electrons. The van der Waals surface area contributed by atoms with Crippen molar-refractivity contribution in [3.8, 4) is 0 Å². The summed E-state index contributed by atoms with van der Waals surface area (Å²) in [7, 11) is 1.68. The first-order chi connectivity index (χ1) is 8.63. The first-order valence-electron chi connectivity index (χ1n) is 6.24. The van der Waals surface area contributed by atoms with E-state index in [1.54, 1.807) is 13.2 Å². The SMILES string of the molecule is CCC(C)N(CCOC)c1ccc(F)cc1CCl. The molecule has 0 saturated carbocycles. The standard InChI is InChI=1S/C14H21ClFNO/c1-4-11(2)17(7-8-18-3)14-6-5-13(16)9-12(14)10-15/h5-6,9,11H,4,7-8,10H2,1-3H3. The zero-order chi connectivity index (χ0) is 13.5. The Labute approximate surface area is 114 Å². The van der Waals surface area contributed by atoms with E-state index in [4.69, 9.17) is 16.3 Å². The number of methoxy groups -OCH3 is 1. The van der Waals surface area contributed by atoms with Gasteiger partial charge in [0.25, 0.3) is 0 Å². The van der Waals surface area contributed by atoms with E-state index >= 15 is 0 Å². The maximum Gasteiger partial charge on any atom is 0.123 e. The quantitative estimate of drug-likeness (QED) is 0.701. The Bertz CT molecular complexity index is 373. The fourth-order valence-electron chi connectivity index (χ4n) is 1.93. The Morgan fingerprint density at radius 3 is 2.72 bits per heavy atom. The Morgan fingerprint density at radius 1 is 1.44 bits per heavy atom. The smallest absolute Gasteiger partial charge is 0.123 e. The Hall–Kier alpha value is -0.800. The fourth-order valence-corrected chi connectivity index (χ4v) is 2.14. The van der Waals surface area contributed by atoms with Crippen molar-refractivity contribution in [1.82, 2.24) is 0 Å². The third-order valence-corrected chi connectivity index (χ3v) is 3.44. The molecule has 0 fully saturated rings. The third kappa shape index (κ3) is 3.85. The van der Waals surface area contributed by atoms with Gasteiger partial charge in [-0.25, -0.2) is 4.39 Å². The van der Waals surface area contributed by atoms with Gasteiger partial charge in [-0.05, 0) is 37.1 Å². The van der Waals surface area contributed by atoms with Crippen molar-refractivity contribution in [2.45, 2.75) is 32.2 Å². The van der Waals surface area contributed by atoms with E-state index < -0.39 is 0 Å². The molecule has 0 bridgehead atoms. The Kier molecular flexibility index (Phi) is 6.44. The number of nitrogens with zero attached hydrogens (tertiary/aromatic N) is 1. The van der Waals surface area contributed by atoms with Gasteiger partial charge in [0.05, 0.1) is 6.61 Å². The number of anilines is 1. The molecule has 0 saturated heterocycles. The van der Waals surface area contributed by atoms with E-state index in [1.807, 2.05) is 0 Å². The average molecular weight is 274 g/mol. The summed E-state index contributed by atoms with van der Waals surface area (Å²) in [6.07, 6.45) is 1.02. The van der Waals surface area contributed by atoms with E-state index in [2.05, 4.69) is 18.7 Å². The molecular formula is C14H21ClFNO. The molecule has 0 aliphatic rings. The molecule has 0 heterocycles. The van der Waals surface area contributed by atoms with Crippen molar-refractivity contribution in [1.29, 1.82) is 0 Å². The molecule has 2 nitrogen and oxygen atoms in total. The molecule has 18 heavy (non-hydrogen) atoms. The monoisotopic (exact) mass is 273 g/mol. The summed E-state index contributed by atoms with van der Waals surface area (Å²) < 4.78 is 18.4. The second-order valence-electron chi connectivity index (χ2n) is 4.35. The number of benzene rings is 1. The number of alkyl halides is 1. The van der Waals surface area contributed by atoms with Gasteiger partial charge in [-0.1, -0.05) is 6.92 Å². The molecule has 0 radical (unpaired) electrons. The first-order valence-corrected chi connectivity index (χ1v) is 6.77. The van der Waals surface area contributed by atoms with Crippen LogP contribution in [0.3, 0.4) is 0 Å². The fraction of sp³-hybridized carbons (Fsp3) is 0.571. The number of rotatable bonds is 7. The van der Waals surface area contributed by atoms with Crippen LogP contribution in [-0.4, -0.2) is 26.3 Å². The number of hydrogen-bond acceptors (Lipinski definition) is 2. The van der Waals surface area contributed by atoms with Crippen LogP contribution in [-0.2, 0) is 10.6 Å². The van der Waals surface area contributed by atoms with Gasteiger partial charge >= 0.3 is 0 Å². The largest absolute Gasteiger partial charge is 0.383 e. The zero-order valence-corrected chi connectivity index (χ0v) is 12.0. The lowest BCUT2D eigenvalue weighted by Crippen LogP contribution is -2.36. The number of halogens is 2. The van der Waals surface area contributed by atoms with Gasteiger partial charge in [-0.2, -0.15) is 0 Å². The lowest BCUT2D eigenvalue weighted by atomic mass is 10.1. The number of ether oxygens (including phenoxy) is 1. The van der Waals surface area contributed by atoms with E-state index in [9.17, 15) is 4.39 Å². The molecule has 1 unspecified atom stereocenters. The van der Waals surface area contributed by atoms with E-state index in [-0.39, 0.29) is 5.82 Å². The predicted octanol–water partition coefficient (Wildman–Crippen LogP) is 3.82. The van der Waals surface area contributed by atoms with E-state index in [1.165, 1.54) is 12.1 Å². The summed E-state index contributed by atoms with van der Waals surface area (Å²) in [6, 6.07) is 5.15. The molecule has 0 amide bonds. The van der Waals surface area contributed by atoms with Crippen LogP contribution in [0.1, 0.15) is 25.8 Å². The highest BCUT2D eigenvalue weighted by molar-refractivity contribution is 6.17. The molecule has 1 aromatic carbocycles. The van der Waals surface area contributed by atoms with Crippen molar-refractivity contribution < 1.29 is 9.13 Å². The summed E-state index contributed by atoms with van der Waals surface area (Å²) in [4.78, 5) is 2.22. The van der Waals surface area contributed by atoms with Gasteiger partial charge in [-0.3, -0.25) is 0 Å². The lowest BCUT2D eigenvalue weighted by Gasteiger charge is -2.32. The molecule has 4 heteroatoms. The second kappa shape index (κ2) is 7.59. The molecule has 1 atom stereocenters. The van der Waals surface area contributed by atoms with Gasteiger partial charge in [0.1, 0.15) is 5.82 Å². The van der Waals surface area contributed by atoms with Crippen LogP contribution in [0.5, 0.6) is 0 Å². The van der Waals surface area contributed by atoms with E-state index in [0.29, 0.717) is 18.5 Å². The highest BCUT2D eigenvalue weighted by atomic mass is 35.5. The van der Waals surface area contributed by atoms with Crippen LogP contribution >= 0.6 is 11.6 Å². The maximum atomic E-state index is 13.2. The summed E-state index contributed by atoms with van der Waals surface area (Å²) in [6.45, 7) is 5.70. The third-order valence-electron chi connectivity index (χ3n) is 3.15. The van der Waals surface area contributed by atoms with Gasteiger partial charge in [0.15, 0.2) is 0 Å². The summed E-state index contributed by atoms with van der Waals surface area (Å²) in [5.74, 6) is 0.0674. The number of hydrogen-bond donors (Lipinski definition) is 0. The highest BCUT2D eigenvalue weighted by Gasteiger charge is 2.16. The van der Waals surface area contributed by atoms with Gasteiger partial charge < -0.3 is 9.64 Å². The second-order valence-corrected chi connectivity index (χ2v) is 4.62. The van der Waals surface area contributed by atoms with Crippen LogP contribution in [0, 0.1) is 5.82 Å². The van der Waals surface area contributed by atoms with Crippen molar-refractivity contribution in [2.75, 3.05) is 25.2 Å². The minimum Gasteiger partial charge on any atom is -0.383 e. The Morgan fingerprint density at radius 2 is 2.17 bits per heavy atom. The summed E-state index contributed by atoms with van der Waals surface area (Å²) in [5, 5.41) is 0. The van der Waals surface area contributed by atoms with Crippen molar-refractivity contribution in [3.63, 3.8) is 0 Å². The molecular weight excluding hydrogens is 253 g/mol. The van der Waals surface area contributed by atoms with Crippen LogP contribution in [0.15, 0.2) is 18.2 Å². The first kappa shape index (κ1) is 15.3. The van der Waals surface area contributed by atoms with Crippen molar-refractivity contribution >= 4 is 17.3 Å². The van der Waals surface area contributed by atoms with Crippen molar-refractivity contribution in [3.05, 3.63) is 29.6 Å². The van der Waals surface area contributed by atoms with Gasteiger partial charge in [0, 0.05) is 31.3 Å². The average Bonchev–Trinajstić information content (AvgIpc) is 2.39. The summed E-state index contributed by atoms with van der Waals surface area (Å²) >= 11 is 5.91. The van der Waals surface area contributed by atoms with Gasteiger partial charge in [0.2, 0.25) is 0 Å². The normalized spacial score (nSPS) is 12.5. The molecule has 0 spiro atoms. The molecule has 0 aliphatic heterocycles.